The standard InChI is InChI=1S/C10H22N2O3S/c1-12(7-8-15-2)16(13,14)9-10-5-3-4-6-11-10/h10-11H,3-9H2,1-2H3. The summed E-state index contributed by atoms with van der Waals surface area (Å²) in [7, 11) is 0.0396. The molecule has 1 N–H and O–H groups in total. The van der Waals surface area contributed by atoms with Crippen LogP contribution in [-0.4, -0.2) is 58.4 Å². The molecule has 1 heterocycles. The van der Waals surface area contributed by atoms with Gasteiger partial charge in [-0.15, -0.1) is 0 Å². The van der Waals surface area contributed by atoms with Crippen LogP contribution in [0.25, 0.3) is 0 Å². The number of sulfonamides is 1. The Hall–Kier alpha value is -0.170. The zero-order valence-corrected chi connectivity index (χ0v) is 10.9. The first-order chi connectivity index (χ1) is 7.56. The van der Waals surface area contributed by atoms with Crippen molar-refractivity contribution in [2.24, 2.45) is 0 Å². The minimum absolute atomic E-state index is 0.115. The zero-order chi connectivity index (χ0) is 12.0. The minimum Gasteiger partial charge on any atom is -0.383 e. The molecule has 1 aliphatic heterocycles. The molecule has 1 rings (SSSR count). The van der Waals surface area contributed by atoms with Gasteiger partial charge in [-0.1, -0.05) is 6.42 Å². The van der Waals surface area contributed by atoms with Crippen LogP contribution in [0.5, 0.6) is 0 Å². The SMILES string of the molecule is COCCN(C)S(=O)(=O)CC1CCCCN1. The van der Waals surface area contributed by atoms with Gasteiger partial charge in [0.25, 0.3) is 0 Å². The first kappa shape index (κ1) is 13.9. The van der Waals surface area contributed by atoms with Crippen LogP contribution in [0.1, 0.15) is 19.3 Å². The zero-order valence-electron chi connectivity index (χ0n) is 10.1. The molecule has 16 heavy (non-hydrogen) atoms. The first-order valence-electron chi connectivity index (χ1n) is 5.72. The molecule has 0 aromatic carbocycles. The van der Waals surface area contributed by atoms with Crippen molar-refractivity contribution in [1.29, 1.82) is 0 Å². The lowest BCUT2D eigenvalue weighted by molar-refractivity contribution is 0.185. The minimum atomic E-state index is -3.14. The predicted molar refractivity (Wildman–Crippen MR) is 63.9 cm³/mol. The summed E-state index contributed by atoms with van der Waals surface area (Å²) in [6.07, 6.45) is 3.22. The maximum Gasteiger partial charge on any atom is 0.215 e. The Morgan fingerprint density at radius 2 is 2.19 bits per heavy atom. The average Bonchev–Trinajstić information content (AvgIpc) is 2.26. The molecule has 1 fully saturated rings. The lowest BCUT2D eigenvalue weighted by Gasteiger charge is -2.25. The molecular weight excluding hydrogens is 228 g/mol. The summed E-state index contributed by atoms with van der Waals surface area (Å²) >= 11 is 0. The molecule has 0 aliphatic carbocycles. The van der Waals surface area contributed by atoms with Gasteiger partial charge in [-0.25, -0.2) is 12.7 Å². The van der Waals surface area contributed by atoms with E-state index in [-0.39, 0.29) is 11.8 Å². The second-order valence-corrected chi connectivity index (χ2v) is 6.36. The van der Waals surface area contributed by atoms with E-state index in [4.69, 9.17) is 4.74 Å². The molecular formula is C10H22N2O3S. The fourth-order valence-corrected chi connectivity index (χ4v) is 3.21. The smallest absolute Gasteiger partial charge is 0.215 e. The van der Waals surface area contributed by atoms with Gasteiger partial charge >= 0.3 is 0 Å². The van der Waals surface area contributed by atoms with Crippen molar-refractivity contribution in [2.75, 3.05) is 39.6 Å². The van der Waals surface area contributed by atoms with E-state index >= 15 is 0 Å². The van der Waals surface area contributed by atoms with Crippen molar-refractivity contribution in [3.8, 4) is 0 Å². The van der Waals surface area contributed by atoms with E-state index in [9.17, 15) is 8.42 Å². The first-order valence-corrected chi connectivity index (χ1v) is 7.33. The molecule has 0 spiro atoms. The van der Waals surface area contributed by atoms with Crippen molar-refractivity contribution >= 4 is 10.0 Å². The van der Waals surface area contributed by atoms with Gasteiger partial charge in [0, 0.05) is 26.7 Å². The number of hydrogen-bond donors (Lipinski definition) is 1. The van der Waals surface area contributed by atoms with E-state index in [0.717, 1.165) is 25.8 Å². The largest absolute Gasteiger partial charge is 0.383 e. The molecule has 0 amide bonds. The molecule has 5 nitrogen and oxygen atoms in total. The highest BCUT2D eigenvalue weighted by atomic mass is 32.2. The van der Waals surface area contributed by atoms with Gasteiger partial charge in [0.05, 0.1) is 12.4 Å². The van der Waals surface area contributed by atoms with E-state index < -0.39 is 10.0 Å². The average molecular weight is 250 g/mol. The van der Waals surface area contributed by atoms with Crippen molar-refractivity contribution in [3.63, 3.8) is 0 Å². The summed E-state index contributed by atoms with van der Waals surface area (Å²) in [6, 6.07) is 0.115. The van der Waals surface area contributed by atoms with Gasteiger partial charge < -0.3 is 10.1 Å². The summed E-state index contributed by atoms with van der Waals surface area (Å²) in [5, 5.41) is 3.25. The van der Waals surface area contributed by atoms with Crippen LogP contribution >= 0.6 is 0 Å². The Morgan fingerprint density at radius 3 is 2.75 bits per heavy atom. The van der Waals surface area contributed by atoms with Gasteiger partial charge in [-0.05, 0) is 19.4 Å². The maximum atomic E-state index is 11.9. The molecule has 0 aromatic heterocycles. The Bertz CT molecular complexity index is 286. The van der Waals surface area contributed by atoms with Crippen molar-refractivity contribution in [1.82, 2.24) is 9.62 Å². The predicted octanol–water partition coefficient (Wildman–Crippen LogP) is 0.0365. The molecule has 1 atom stereocenters. The molecule has 96 valence electrons. The quantitative estimate of drug-likeness (QED) is 0.723. The van der Waals surface area contributed by atoms with E-state index in [2.05, 4.69) is 5.32 Å². The number of rotatable bonds is 6. The molecule has 1 saturated heterocycles. The van der Waals surface area contributed by atoms with E-state index in [1.165, 1.54) is 4.31 Å². The van der Waals surface area contributed by atoms with Crippen LogP contribution < -0.4 is 5.32 Å². The van der Waals surface area contributed by atoms with Gasteiger partial charge in [0.15, 0.2) is 0 Å². The van der Waals surface area contributed by atoms with Crippen LogP contribution in [-0.2, 0) is 14.8 Å². The second kappa shape index (κ2) is 6.54. The van der Waals surface area contributed by atoms with E-state index in [1.807, 2.05) is 0 Å². The molecule has 0 radical (unpaired) electrons. The van der Waals surface area contributed by atoms with Gasteiger partial charge in [0.1, 0.15) is 0 Å². The van der Waals surface area contributed by atoms with Gasteiger partial charge in [0.2, 0.25) is 10.0 Å². The normalized spacial score (nSPS) is 22.6. The summed E-state index contributed by atoms with van der Waals surface area (Å²) in [5.41, 5.74) is 0. The second-order valence-electron chi connectivity index (χ2n) is 4.24. The highest BCUT2D eigenvalue weighted by Crippen LogP contribution is 2.10. The summed E-state index contributed by atoms with van der Waals surface area (Å²) < 4.78 is 30.1. The van der Waals surface area contributed by atoms with Gasteiger partial charge in [-0.3, -0.25) is 0 Å². The lowest BCUT2D eigenvalue weighted by Crippen LogP contribution is -2.43. The van der Waals surface area contributed by atoms with Gasteiger partial charge in [-0.2, -0.15) is 0 Å². The van der Waals surface area contributed by atoms with Crippen LogP contribution in [0.3, 0.4) is 0 Å². The molecule has 0 saturated carbocycles. The number of hydrogen-bond acceptors (Lipinski definition) is 4. The number of methoxy groups -OCH3 is 1. The number of nitrogens with one attached hydrogen (secondary N) is 1. The number of ether oxygens (including phenoxy) is 1. The molecule has 1 aliphatic rings. The Kier molecular flexibility index (Phi) is 5.68. The third-order valence-electron chi connectivity index (χ3n) is 2.91. The van der Waals surface area contributed by atoms with Crippen LogP contribution in [0.4, 0.5) is 0 Å². The molecule has 0 bridgehead atoms. The van der Waals surface area contributed by atoms with Crippen molar-refractivity contribution in [2.45, 2.75) is 25.3 Å². The Morgan fingerprint density at radius 1 is 1.44 bits per heavy atom. The Balaban J connectivity index is 2.42. The topological polar surface area (TPSA) is 58.6 Å². The summed E-state index contributed by atoms with van der Waals surface area (Å²) in [5.74, 6) is 0.202. The van der Waals surface area contributed by atoms with E-state index in [0.29, 0.717) is 13.2 Å². The van der Waals surface area contributed by atoms with Crippen LogP contribution in [0.2, 0.25) is 0 Å². The monoisotopic (exact) mass is 250 g/mol. The molecule has 1 unspecified atom stereocenters. The summed E-state index contributed by atoms with van der Waals surface area (Å²) in [4.78, 5) is 0. The summed E-state index contributed by atoms with van der Waals surface area (Å²) in [6.45, 7) is 1.79. The lowest BCUT2D eigenvalue weighted by atomic mass is 10.1. The van der Waals surface area contributed by atoms with E-state index in [1.54, 1.807) is 14.2 Å². The third kappa shape index (κ3) is 4.37. The van der Waals surface area contributed by atoms with Crippen LogP contribution in [0.15, 0.2) is 0 Å². The molecule has 0 aromatic rings. The van der Waals surface area contributed by atoms with Crippen LogP contribution in [0, 0.1) is 0 Å². The Labute approximate surface area is 98.2 Å². The van der Waals surface area contributed by atoms with Crippen molar-refractivity contribution in [3.05, 3.63) is 0 Å². The van der Waals surface area contributed by atoms with Crippen molar-refractivity contribution < 1.29 is 13.2 Å². The third-order valence-corrected chi connectivity index (χ3v) is 4.87. The highest BCUT2D eigenvalue weighted by molar-refractivity contribution is 7.89. The fraction of sp³-hybridized carbons (Fsp3) is 1.00. The fourth-order valence-electron chi connectivity index (χ4n) is 1.81. The maximum absolute atomic E-state index is 11.9. The number of nitrogens with zero attached hydrogens (tertiary/aromatic N) is 1. The highest BCUT2D eigenvalue weighted by Gasteiger charge is 2.24. The molecule has 6 heteroatoms. The number of likely N-dealkylation sites (N-methyl/N-ethyl adjacent to an activating group) is 1. The number of piperidine rings is 1.